The molecular weight excluding hydrogens is 237 g/mol. The van der Waals surface area contributed by atoms with Crippen LogP contribution in [0.3, 0.4) is 0 Å². The second-order valence-corrected chi connectivity index (χ2v) is 3.09. The highest BCUT2D eigenvalue weighted by Gasteiger charge is 2.41. The molecule has 0 amide bonds. The summed E-state index contributed by atoms with van der Waals surface area (Å²) >= 11 is 0. The Hall–Kier alpha value is -1.85. The lowest BCUT2D eigenvalue weighted by molar-refractivity contribution is -0.0885. The molecule has 6 heteroatoms. The van der Waals surface area contributed by atoms with Crippen LogP contribution in [0.15, 0.2) is 24.3 Å². The molecule has 0 fully saturated rings. The van der Waals surface area contributed by atoms with Gasteiger partial charge in [-0.1, -0.05) is 18.2 Å². The van der Waals surface area contributed by atoms with Gasteiger partial charge in [0.2, 0.25) is 0 Å². The summed E-state index contributed by atoms with van der Waals surface area (Å²) in [7, 11) is 0. The Morgan fingerprint density at radius 1 is 1.18 bits per heavy atom. The maximum atomic E-state index is 12.3. The molecular formula is C11H9F3O3. The third-order valence-corrected chi connectivity index (χ3v) is 1.92. The van der Waals surface area contributed by atoms with E-state index in [9.17, 15) is 22.8 Å². The van der Waals surface area contributed by atoms with Crippen molar-refractivity contribution in [1.82, 2.24) is 0 Å². The third-order valence-electron chi connectivity index (χ3n) is 1.92. The third kappa shape index (κ3) is 3.05. The molecule has 0 spiro atoms. The molecule has 0 unspecified atom stereocenters. The number of carbonyl (C=O) groups is 2. The van der Waals surface area contributed by atoms with Crippen molar-refractivity contribution in [2.45, 2.75) is 13.1 Å². The summed E-state index contributed by atoms with van der Waals surface area (Å²) in [5.41, 5.74) is -1.07. The van der Waals surface area contributed by atoms with Crippen LogP contribution in [0, 0.1) is 0 Å². The number of benzene rings is 1. The number of esters is 1. The molecule has 0 radical (unpaired) electrons. The highest BCUT2D eigenvalue weighted by atomic mass is 19.4. The van der Waals surface area contributed by atoms with E-state index >= 15 is 0 Å². The van der Waals surface area contributed by atoms with Gasteiger partial charge in [-0.05, 0) is 13.0 Å². The van der Waals surface area contributed by atoms with Gasteiger partial charge in [-0.25, -0.2) is 4.79 Å². The van der Waals surface area contributed by atoms with Crippen LogP contribution < -0.4 is 0 Å². The molecule has 17 heavy (non-hydrogen) atoms. The molecule has 0 saturated heterocycles. The van der Waals surface area contributed by atoms with E-state index < -0.39 is 23.5 Å². The smallest absolute Gasteiger partial charge is 0.454 e. The van der Waals surface area contributed by atoms with E-state index in [2.05, 4.69) is 4.74 Å². The molecule has 0 aliphatic rings. The first-order valence-corrected chi connectivity index (χ1v) is 4.75. The van der Waals surface area contributed by atoms with Crippen molar-refractivity contribution in [3.8, 4) is 0 Å². The van der Waals surface area contributed by atoms with Crippen molar-refractivity contribution in [3.05, 3.63) is 35.4 Å². The van der Waals surface area contributed by atoms with Gasteiger partial charge in [0.15, 0.2) is 0 Å². The maximum absolute atomic E-state index is 12.3. The fourth-order valence-electron chi connectivity index (χ4n) is 1.22. The van der Waals surface area contributed by atoms with E-state index in [1.165, 1.54) is 19.1 Å². The molecule has 0 aliphatic carbocycles. The van der Waals surface area contributed by atoms with Crippen LogP contribution in [-0.4, -0.2) is 24.5 Å². The van der Waals surface area contributed by atoms with E-state index in [-0.39, 0.29) is 12.2 Å². The Morgan fingerprint density at radius 2 is 1.71 bits per heavy atom. The number of alkyl halides is 3. The quantitative estimate of drug-likeness (QED) is 0.608. The van der Waals surface area contributed by atoms with Crippen LogP contribution in [0.25, 0.3) is 0 Å². The Labute approximate surface area is 95.2 Å². The molecule has 0 saturated carbocycles. The van der Waals surface area contributed by atoms with E-state index in [1.54, 1.807) is 0 Å². The summed E-state index contributed by atoms with van der Waals surface area (Å²) in [6.07, 6.45) is -5.01. The average molecular weight is 246 g/mol. The Balaban J connectivity index is 3.17. The largest absolute Gasteiger partial charge is 0.462 e. The standard InChI is InChI=1S/C11H9F3O3/c1-2-17-10(16)8-6-4-3-5-7(8)9(15)11(12,13)14/h3-6H,2H2,1H3. The summed E-state index contributed by atoms with van der Waals surface area (Å²) in [5.74, 6) is -3.00. The maximum Gasteiger partial charge on any atom is 0.454 e. The van der Waals surface area contributed by atoms with E-state index in [0.29, 0.717) is 0 Å². The van der Waals surface area contributed by atoms with Crippen LogP contribution in [-0.2, 0) is 4.74 Å². The molecule has 0 heterocycles. The summed E-state index contributed by atoms with van der Waals surface area (Å²) in [6, 6.07) is 4.68. The van der Waals surface area contributed by atoms with Gasteiger partial charge < -0.3 is 4.74 Å². The number of Topliss-reactive ketones (excluding diaryl/α,β-unsaturated/α-hetero) is 1. The van der Waals surface area contributed by atoms with Crippen molar-refractivity contribution in [3.63, 3.8) is 0 Å². The van der Waals surface area contributed by atoms with Crippen molar-refractivity contribution >= 4 is 11.8 Å². The minimum absolute atomic E-state index is 0.0212. The van der Waals surface area contributed by atoms with Gasteiger partial charge in [0.1, 0.15) is 0 Å². The number of rotatable bonds is 3. The van der Waals surface area contributed by atoms with Gasteiger partial charge in [-0.3, -0.25) is 4.79 Å². The molecule has 0 N–H and O–H groups in total. The number of ketones is 1. The molecule has 0 aromatic heterocycles. The summed E-state index contributed by atoms with van der Waals surface area (Å²) in [6.45, 7) is 1.54. The zero-order chi connectivity index (χ0) is 13.1. The normalized spacial score (nSPS) is 11.1. The van der Waals surface area contributed by atoms with Crippen molar-refractivity contribution in [2.24, 2.45) is 0 Å². The monoisotopic (exact) mass is 246 g/mol. The molecule has 92 valence electrons. The van der Waals surface area contributed by atoms with Crippen LogP contribution in [0.4, 0.5) is 13.2 Å². The van der Waals surface area contributed by atoms with Gasteiger partial charge in [0, 0.05) is 5.56 Å². The second-order valence-electron chi connectivity index (χ2n) is 3.09. The zero-order valence-electron chi connectivity index (χ0n) is 8.88. The lowest BCUT2D eigenvalue weighted by Crippen LogP contribution is -2.25. The zero-order valence-corrected chi connectivity index (χ0v) is 8.88. The highest BCUT2D eigenvalue weighted by Crippen LogP contribution is 2.23. The van der Waals surface area contributed by atoms with Gasteiger partial charge in [-0.2, -0.15) is 13.2 Å². The fraction of sp³-hybridized carbons (Fsp3) is 0.273. The van der Waals surface area contributed by atoms with Gasteiger partial charge in [-0.15, -0.1) is 0 Å². The van der Waals surface area contributed by atoms with Crippen molar-refractivity contribution in [1.29, 1.82) is 0 Å². The number of ether oxygens (including phenoxy) is 1. The molecule has 0 bridgehead atoms. The summed E-state index contributed by atoms with van der Waals surface area (Å²) < 4.78 is 41.4. The van der Waals surface area contributed by atoms with E-state index in [1.807, 2.05) is 0 Å². The summed E-state index contributed by atoms with van der Waals surface area (Å²) in [5, 5.41) is 0. The van der Waals surface area contributed by atoms with Crippen LogP contribution in [0.1, 0.15) is 27.6 Å². The topological polar surface area (TPSA) is 43.4 Å². The fourth-order valence-corrected chi connectivity index (χ4v) is 1.22. The molecule has 1 aromatic rings. The number of hydrogen-bond acceptors (Lipinski definition) is 3. The molecule has 0 aliphatic heterocycles. The van der Waals surface area contributed by atoms with Crippen molar-refractivity contribution < 1.29 is 27.5 Å². The highest BCUT2D eigenvalue weighted by molar-refractivity contribution is 6.08. The summed E-state index contributed by atoms with van der Waals surface area (Å²) in [4.78, 5) is 22.4. The van der Waals surface area contributed by atoms with Crippen LogP contribution >= 0.6 is 0 Å². The Bertz CT molecular complexity index is 438. The van der Waals surface area contributed by atoms with Gasteiger partial charge in [0.25, 0.3) is 5.78 Å². The molecule has 1 rings (SSSR count). The number of halogens is 3. The molecule has 0 atom stereocenters. The first kappa shape index (κ1) is 13.2. The number of carbonyl (C=O) groups excluding carboxylic acids is 2. The Kier molecular flexibility index (Phi) is 3.88. The van der Waals surface area contributed by atoms with Crippen molar-refractivity contribution in [2.75, 3.05) is 6.61 Å². The van der Waals surface area contributed by atoms with Crippen LogP contribution in [0.2, 0.25) is 0 Å². The first-order chi connectivity index (χ1) is 7.88. The predicted octanol–water partition coefficient (Wildman–Crippen LogP) is 2.61. The SMILES string of the molecule is CCOC(=O)c1ccccc1C(=O)C(F)(F)F. The lowest BCUT2D eigenvalue weighted by Gasteiger charge is -2.09. The van der Waals surface area contributed by atoms with E-state index in [0.717, 1.165) is 12.1 Å². The minimum atomic E-state index is -5.01. The molecule has 3 nitrogen and oxygen atoms in total. The lowest BCUT2D eigenvalue weighted by atomic mass is 10.0. The first-order valence-electron chi connectivity index (χ1n) is 4.75. The number of hydrogen-bond donors (Lipinski definition) is 0. The minimum Gasteiger partial charge on any atom is -0.462 e. The van der Waals surface area contributed by atoms with Gasteiger partial charge >= 0.3 is 12.1 Å². The predicted molar refractivity (Wildman–Crippen MR) is 52.8 cm³/mol. The Morgan fingerprint density at radius 3 is 2.18 bits per heavy atom. The van der Waals surface area contributed by atoms with Crippen LogP contribution in [0.5, 0.6) is 0 Å². The molecule has 1 aromatic carbocycles. The second kappa shape index (κ2) is 4.99. The van der Waals surface area contributed by atoms with E-state index in [4.69, 9.17) is 0 Å². The average Bonchev–Trinajstić information content (AvgIpc) is 2.27. The van der Waals surface area contributed by atoms with Gasteiger partial charge in [0.05, 0.1) is 12.2 Å².